The van der Waals surface area contributed by atoms with Crippen LogP contribution in [0.25, 0.3) is 11.5 Å². The summed E-state index contributed by atoms with van der Waals surface area (Å²) in [6.07, 6.45) is 2.91. The van der Waals surface area contributed by atoms with E-state index in [-0.39, 0.29) is 11.8 Å². The van der Waals surface area contributed by atoms with Gasteiger partial charge in [0.25, 0.3) is 0 Å². The number of aromatic nitrogens is 4. The van der Waals surface area contributed by atoms with Crippen molar-refractivity contribution < 1.29 is 9.15 Å². The average molecular weight is 388 g/mol. The number of nitriles is 1. The molecule has 1 atom stereocenters. The molecule has 3 aromatic rings. The van der Waals surface area contributed by atoms with Crippen molar-refractivity contribution >= 4 is 0 Å². The maximum Gasteiger partial charge on any atom is 0.247 e. The van der Waals surface area contributed by atoms with Gasteiger partial charge in [-0.2, -0.15) is 10.4 Å². The molecule has 146 valence electrons. The quantitative estimate of drug-likeness (QED) is 0.728. The molecule has 1 aliphatic heterocycles. The van der Waals surface area contributed by atoms with E-state index in [4.69, 9.17) is 20.0 Å². The van der Waals surface area contributed by atoms with Gasteiger partial charge in [-0.05, 0) is 37.0 Å². The summed E-state index contributed by atoms with van der Waals surface area (Å²) in [4.78, 5) is 0. The SMILES string of the molecule is CCc1nn(C2CC2)c2c1C(c1ccc(-c3nnc(C)o3)cc1)C(C#N)=C(N)O2. The van der Waals surface area contributed by atoms with Crippen molar-refractivity contribution in [1.82, 2.24) is 20.0 Å². The molecule has 1 unspecified atom stereocenters. The minimum atomic E-state index is -0.315. The molecule has 5 rings (SSSR count). The Labute approximate surface area is 167 Å². The van der Waals surface area contributed by atoms with Crippen LogP contribution in [0.4, 0.5) is 0 Å². The Bertz CT molecular complexity index is 1160. The van der Waals surface area contributed by atoms with E-state index in [0.29, 0.717) is 29.3 Å². The lowest BCUT2D eigenvalue weighted by atomic mass is 9.83. The zero-order valence-corrected chi connectivity index (χ0v) is 16.2. The fraction of sp³-hybridized carbons (Fsp3) is 0.333. The molecule has 3 heterocycles. The van der Waals surface area contributed by atoms with E-state index in [2.05, 4.69) is 23.2 Å². The Kier molecular flexibility index (Phi) is 3.91. The number of nitrogens with two attached hydrogens (primary N) is 1. The van der Waals surface area contributed by atoms with Gasteiger partial charge < -0.3 is 14.9 Å². The van der Waals surface area contributed by atoms with Gasteiger partial charge in [0, 0.05) is 12.5 Å². The number of fused-ring (bicyclic) bond motifs is 1. The van der Waals surface area contributed by atoms with Crippen LogP contribution in [0.5, 0.6) is 5.88 Å². The molecule has 0 amide bonds. The first-order chi connectivity index (χ1) is 14.1. The smallest absolute Gasteiger partial charge is 0.247 e. The zero-order chi connectivity index (χ0) is 20.1. The zero-order valence-electron chi connectivity index (χ0n) is 16.2. The second-order valence-corrected chi connectivity index (χ2v) is 7.37. The van der Waals surface area contributed by atoms with Gasteiger partial charge >= 0.3 is 0 Å². The Morgan fingerprint density at radius 1 is 1.24 bits per heavy atom. The number of benzene rings is 1. The highest BCUT2D eigenvalue weighted by molar-refractivity contribution is 5.59. The van der Waals surface area contributed by atoms with E-state index in [1.165, 1.54) is 0 Å². The van der Waals surface area contributed by atoms with Gasteiger partial charge in [0.1, 0.15) is 11.6 Å². The second kappa shape index (κ2) is 6.48. The second-order valence-electron chi connectivity index (χ2n) is 7.37. The van der Waals surface area contributed by atoms with E-state index in [1.54, 1.807) is 6.92 Å². The average Bonchev–Trinajstić information content (AvgIpc) is 3.38. The van der Waals surface area contributed by atoms with Gasteiger partial charge in [-0.3, -0.25) is 0 Å². The number of hydrogen-bond acceptors (Lipinski definition) is 7. The molecule has 1 aliphatic carbocycles. The molecule has 2 aliphatic rings. The van der Waals surface area contributed by atoms with Crippen molar-refractivity contribution in [3.63, 3.8) is 0 Å². The Morgan fingerprint density at radius 2 is 2.00 bits per heavy atom. The largest absolute Gasteiger partial charge is 0.422 e. The molecule has 1 saturated carbocycles. The van der Waals surface area contributed by atoms with Gasteiger partial charge in [0.15, 0.2) is 0 Å². The van der Waals surface area contributed by atoms with Crippen molar-refractivity contribution in [3.05, 3.63) is 58.4 Å². The van der Waals surface area contributed by atoms with Crippen molar-refractivity contribution in [2.75, 3.05) is 0 Å². The number of nitrogens with zero attached hydrogens (tertiary/aromatic N) is 5. The fourth-order valence-corrected chi connectivity index (χ4v) is 3.83. The normalized spacial score (nSPS) is 18.3. The summed E-state index contributed by atoms with van der Waals surface area (Å²) in [5.74, 6) is 1.48. The molecular weight excluding hydrogens is 368 g/mol. The minimum Gasteiger partial charge on any atom is -0.422 e. The number of rotatable bonds is 4. The van der Waals surface area contributed by atoms with Crippen molar-refractivity contribution in [3.8, 4) is 23.4 Å². The van der Waals surface area contributed by atoms with Crippen LogP contribution in [0.3, 0.4) is 0 Å². The van der Waals surface area contributed by atoms with Crippen molar-refractivity contribution in [2.45, 2.75) is 45.1 Å². The first-order valence-corrected chi connectivity index (χ1v) is 9.70. The lowest BCUT2D eigenvalue weighted by molar-refractivity contribution is 0.347. The van der Waals surface area contributed by atoms with E-state index in [9.17, 15) is 5.26 Å². The van der Waals surface area contributed by atoms with E-state index in [0.717, 1.165) is 41.6 Å². The first-order valence-electron chi connectivity index (χ1n) is 9.70. The summed E-state index contributed by atoms with van der Waals surface area (Å²) < 4.78 is 13.3. The Morgan fingerprint density at radius 3 is 2.59 bits per heavy atom. The first kappa shape index (κ1) is 17.5. The molecule has 8 nitrogen and oxygen atoms in total. The highest BCUT2D eigenvalue weighted by atomic mass is 16.5. The third-order valence-corrected chi connectivity index (χ3v) is 5.39. The number of allylic oxidation sites excluding steroid dienone is 1. The predicted octanol–water partition coefficient (Wildman–Crippen LogP) is 3.36. The summed E-state index contributed by atoms with van der Waals surface area (Å²) in [5.41, 5.74) is 10.2. The predicted molar refractivity (Wildman–Crippen MR) is 104 cm³/mol. The monoisotopic (exact) mass is 388 g/mol. The Hall–Kier alpha value is -3.60. The molecule has 0 spiro atoms. The van der Waals surface area contributed by atoms with Crippen LogP contribution in [0.15, 0.2) is 40.1 Å². The maximum atomic E-state index is 9.82. The van der Waals surface area contributed by atoms with Crippen molar-refractivity contribution in [2.24, 2.45) is 5.73 Å². The maximum absolute atomic E-state index is 9.82. The molecular formula is C21H20N6O2. The molecule has 0 bridgehead atoms. The van der Waals surface area contributed by atoms with Gasteiger partial charge in [0.05, 0.1) is 23.2 Å². The minimum absolute atomic E-state index is 0.144. The van der Waals surface area contributed by atoms with E-state index >= 15 is 0 Å². The van der Waals surface area contributed by atoms with Gasteiger partial charge in [-0.1, -0.05) is 19.1 Å². The van der Waals surface area contributed by atoms with Crippen LogP contribution in [0, 0.1) is 18.3 Å². The van der Waals surface area contributed by atoms with Gasteiger partial charge in [0.2, 0.25) is 23.5 Å². The van der Waals surface area contributed by atoms with E-state index in [1.807, 2.05) is 28.9 Å². The van der Waals surface area contributed by atoms with Gasteiger partial charge in [-0.15, -0.1) is 10.2 Å². The summed E-state index contributed by atoms with van der Waals surface area (Å²) in [6, 6.07) is 10.4. The molecule has 29 heavy (non-hydrogen) atoms. The fourth-order valence-electron chi connectivity index (χ4n) is 3.83. The summed E-state index contributed by atoms with van der Waals surface area (Å²) in [7, 11) is 0. The molecule has 1 fully saturated rings. The van der Waals surface area contributed by atoms with Crippen LogP contribution >= 0.6 is 0 Å². The van der Waals surface area contributed by atoms with Crippen LogP contribution < -0.4 is 10.5 Å². The molecule has 8 heteroatoms. The summed E-state index contributed by atoms with van der Waals surface area (Å²) >= 11 is 0. The highest BCUT2D eigenvalue weighted by Crippen LogP contribution is 2.48. The number of ether oxygens (including phenoxy) is 1. The third-order valence-electron chi connectivity index (χ3n) is 5.39. The van der Waals surface area contributed by atoms with E-state index < -0.39 is 0 Å². The summed E-state index contributed by atoms with van der Waals surface area (Å²) in [6.45, 7) is 3.82. The standard InChI is InChI=1S/C21H20N6O2/c1-3-16-18-17(12-4-6-13(7-5-12)20-25-24-11(2)28-20)15(10-22)19(23)29-21(18)27(26-16)14-8-9-14/h4-7,14,17H,3,8-9,23H2,1-2H3. The van der Waals surface area contributed by atoms with Crippen LogP contribution in [-0.2, 0) is 6.42 Å². The third kappa shape index (κ3) is 2.78. The number of aryl methyl sites for hydroxylation is 2. The molecule has 2 aromatic heterocycles. The Balaban J connectivity index is 1.63. The lowest BCUT2D eigenvalue weighted by Crippen LogP contribution is -2.22. The van der Waals surface area contributed by atoms with Gasteiger partial charge in [-0.25, -0.2) is 4.68 Å². The molecule has 1 aromatic carbocycles. The summed E-state index contributed by atoms with van der Waals surface area (Å²) in [5, 5.41) is 22.5. The molecule has 2 N–H and O–H groups in total. The lowest BCUT2D eigenvalue weighted by Gasteiger charge is -2.25. The van der Waals surface area contributed by atoms with Crippen molar-refractivity contribution in [1.29, 1.82) is 5.26 Å². The molecule has 0 saturated heterocycles. The number of hydrogen-bond donors (Lipinski definition) is 1. The topological polar surface area (TPSA) is 116 Å². The molecule has 0 radical (unpaired) electrons. The van der Waals surface area contributed by atoms with Crippen LogP contribution in [0.1, 0.15) is 54.4 Å². The highest BCUT2D eigenvalue weighted by Gasteiger charge is 2.39. The van der Waals surface area contributed by atoms with Crippen LogP contribution in [0.2, 0.25) is 0 Å². The van der Waals surface area contributed by atoms with Crippen LogP contribution in [-0.4, -0.2) is 20.0 Å².